The van der Waals surface area contributed by atoms with Gasteiger partial charge in [0.25, 0.3) is 0 Å². The van der Waals surface area contributed by atoms with Crippen LogP contribution in [-0.4, -0.2) is 37.5 Å². The Hall–Kier alpha value is 0.918. The van der Waals surface area contributed by atoms with E-state index in [4.69, 9.17) is 0 Å². The van der Waals surface area contributed by atoms with Crippen LogP contribution in [0.4, 0.5) is 0 Å². The molecule has 0 rings (SSSR count). The molecule has 0 saturated heterocycles. The molecule has 1 radical (unpaired) electrons. The number of rotatable bonds is 0. The van der Waals surface area contributed by atoms with Crippen LogP contribution < -0.4 is 0 Å². The average Bonchev–Trinajstić information content (AvgIpc) is 1.00. The summed E-state index contributed by atoms with van der Waals surface area (Å²) in [5, 5.41) is 0. The van der Waals surface area contributed by atoms with Crippen LogP contribution in [0.3, 0.4) is 0 Å². The van der Waals surface area contributed by atoms with E-state index in [2.05, 4.69) is 9.19 Å². The third-order valence-corrected chi connectivity index (χ3v) is 0. The summed E-state index contributed by atoms with van der Waals surface area (Å²) in [5.74, 6) is 0. The van der Waals surface area contributed by atoms with E-state index < -0.39 is 0 Å². The fraction of sp³-hybridized carbons (Fsp3) is 0. The van der Waals surface area contributed by atoms with Gasteiger partial charge in [-0.25, -0.2) is 0 Å². The van der Waals surface area contributed by atoms with Crippen LogP contribution in [0.2, 0.25) is 0 Å². The summed E-state index contributed by atoms with van der Waals surface area (Å²) in [6.45, 7) is 0. The van der Waals surface area contributed by atoms with Crippen molar-refractivity contribution in [3.8, 4) is 0 Å². The summed E-state index contributed by atoms with van der Waals surface area (Å²) in [6, 6.07) is 0. The van der Waals surface area contributed by atoms with Gasteiger partial charge in [0.1, 0.15) is 0 Å². The minimum absolute atomic E-state index is 0. The molecule has 0 heterocycles. The minimum atomic E-state index is 0. The van der Waals surface area contributed by atoms with E-state index in [1.165, 1.54) is 21.1 Å². The molecule has 0 bridgehead atoms. The second-order valence-electron chi connectivity index (χ2n) is 0. The van der Waals surface area contributed by atoms with Gasteiger partial charge >= 0.3 is 30.2 Å². The summed E-state index contributed by atoms with van der Waals surface area (Å²) in [5.41, 5.74) is 0. The van der Waals surface area contributed by atoms with Crippen LogP contribution in [0, 0.1) is 0 Å². The van der Waals surface area contributed by atoms with Crippen molar-refractivity contribution in [1.82, 2.24) is 0 Å². The van der Waals surface area contributed by atoms with Crippen molar-refractivity contribution < 1.29 is 16.4 Å². The first-order valence-electron chi connectivity index (χ1n) is 0.183. The van der Waals surface area contributed by atoms with Gasteiger partial charge in [0, 0.05) is 0 Å². The molecule has 5 heavy (non-hydrogen) atoms. The van der Waals surface area contributed by atoms with Crippen molar-refractivity contribution in [2.75, 3.05) is 0 Å². The first-order chi connectivity index (χ1) is 1.00. The average molecular weight is 208 g/mol. The topological polar surface area (TPSA) is 94.5 Å². The van der Waals surface area contributed by atoms with Crippen LogP contribution in [0.5, 0.6) is 0 Å². The van der Waals surface area contributed by atoms with E-state index in [9.17, 15) is 0 Å². The molecule has 6 N–H and O–H groups in total. The molecule has 0 spiro atoms. The van der Waals surface area contributed by atoms with E-state index in [0.29, 0.717) is 0 Å². The number of hydrogen-bond donors (Lipinski definition) is 0. The molecular weight excluding hydrogens is 202 g/mol. The second kappa shape index (κ2) is 89.6. The van der Waals surface area contributed by atoms with Crippen LogP contribution in [0.15, 0.2) is 0 Å². The van der Waals surface area contributed by atoms with E-state index in [1.807, 2.05) is 0 Å². The third kappa shape index (κ3) is 49.7. The molecule has 0 aromatic carbocycles. The molecule has 0 saturated carbocycles. The first-order valence-corrected chi connectivity index (χ1v) is 3.67. The molecule has 0 aliphatic rings. The van der Waals surface area contributed by atoms with Gasteiger partial charge in [-0.1, -0.05) is 0 Å². The van der Waals surface area contributed by atoms with Crippen LogP contribution in [-0.2, 0) is 0 Å². The fourth-order valence-electron chi connectivity index (χ4n) is 0. The SMILES string of the molecule is O.O.O.[S]=[Sb]. The van der Waals surface area contributed by atoms with Crippen molar-refractivity contribution in [3.05, 3.63) is 0 Å². The number of hydrogen-bond acceptors (Lipinski definition) is 1. The molecule has 5 heteroatoms. The Morgan fingerprint density at radius 3 is 0.800 bits per heavy atom. The van der Waals surface area contributed by atoms with Gasteiger partial charge in [0.15, 0.2) is 0 Å². The van der Waals surface area contributed by atoms with Gasteiger partial charge < -0.3 is 16.4 Å². The van der Waals surface area contributed by atoms with Crippen molar-refractivity contribution >= 4 is 30.2 Å². The zero-order valence-electron chi connectivity index (χ0n) is 2.36. The fourth-order valence-corrected chi connectivity index (χ4v) is 0. The summed E-state index contributed by atoms with van der Waals surface area (Å²) in [4.78, 5) is 0. The molecule has 0 aromatic heterocycles. The van der Waals surface area contributed by atoms with E-state index in [0.717, 1.165) is 0 Å². The molecule has 0 amide bonds. The molecule has 0 aliphatic heterocycles. The van der Waals surface area contributed by atoms with E-state index in [1.54, 1.807) is 0 Å². The van der Waals surface area contributed by atoms with Crippen molar-refractivity contribution in [3.63, 3.8) is 0 Å². The molecule has 0 fully saturated rings. The Morgan fingerprint density at radius 1 is 0.800 bits per heavy atom. The molecule has 0 atom stereocenters. The van der Waals surface area contributed by atoms with Crippen LogP contribution in [0.1, 0.15) is 0 Å². The first kappa shape index (κ1) is 38.9. The van der Waals surface area contributed by atoms with Crippen LogP contribution >= 0.6 is 9.19 Å². The zero-order chi connectivity index (χ0) is 2.00. The van der Waals surface area contributed by atoms with Gasteiger partial charge in [0.2, 0.25) is 0 Å². The Bertz CT molecular complexity index is 6.85. The predicted molar refractivity (Wildman–Crippen MR) is 24.2 cm³/mol. The standard InChI is InChI=1S/3H2O.S.Sb/h3*1H2;;. The maximum atomic E-state index is 4.13. The van der Waals surface area contributed by atoms with Gasteiger partial charge in [-0.2, -0.15) is 0 Å². The Balaban J connectivity index is -0.00000000167. The molecule has 3 nitrogen and oxygen atoms in total. The molecule has 0 unspecified atom stereocenters. The summed E-state index contributed by atoms with van der Waals surface area (Å²) in [6.07, 6.45) is 0. The Morgan fingerprint density at radius 2 is 0.800 bits per heavy atom. The summed E-state index contributed by atoms with van der Waals surface area (Å²) < 4.78 is 0. The Kier molecular flexibility index (Phi) is 697. The van der Waals surface area contributed by atoms with Crippen molar-refractivity contribution in [2.24, 2.45) is 0 Å². The van der Waals surface area contributed by atoms with Gasteiger partial charge in [-0.15, -0.1) is 0 Å². The molecule has 35 valence electrons. The van der Waals surface area contributed by atoms with E-state index in [-0.39, 0.29) is 16.4 Å². The monoisotopic (exact) mass is 207 g/mol. The normalized spacial score (nSPS) is 0.800. The molecular formula is H6O3SSb. The quantitative estimate of drug-likeness (QED) is 0.414. The molecule has 0 aliphatic carbocycles. The van der Waals surface area contributed by atoms with Crippen LogP contribution in [0.25, 0.3) is 0 Å². The molecule has 0 aromatic rings. The Labute approximate surface area is 46.9 Å². The van der Waals surface area contributed by atoms with E-state index >= 15 is 0 Å². The van der Waals surface area contributed by atoms with Gasteiger partial charge in [-0.3, -0.25) is 0 Å². The zero-order valence-corrected chi connectivity index (χ0v) is 5.72. The van der Waals surface area contributed by atoms with Crippen molar-refractivity contribution in [2.45, 2.75) is 0 Å². The van der Waals surface area contributed by atoms with Gasteiger partial charge in [-0.05, 0) is 0 Å². The summed E-state index contributed by atoms with van der Waals surface area (Å²) >= 11 is 1.33. The predicted octanol–water partition coefficient (Wildman–Crippen LogP) is -2.21. The third-order valence-electron chi connectivity index (χ3n) is 0. The van der Waals surface area contributed by atoms with Gasteiger partial charge in [0.05, 0.1) is 0 Å². The summed E-state index contributed by atoms with van der Waals surface area (Å²) in [7, 11) is 4.13. The van der Waals surface area contributed by atoms with Crippen molar-refractivity contribution in [1.29, 1.82) is 0 Å². The second-order valence-corrected chi connectivity index (χ2v) is 0. The maximum absolute atomic E-state index is 4.13.